The molecule has 1 aliphatic heterocycles. The quantitative estimate of drug-likeness (QED) is 0.891. The van der Waals surface area contributed by atoms with Crippen molar-refractivity contribution in [2.24, 2.45) is 5.92 Å². The Balaban J connectivity index is 2.39. The number of methoxy groups -OCH3 is 2. The third-order valence-electron chi connectivity index (χ3n) is 4.00. The third-order valence-corrected chi connectivity index (χ3v) is 4.00. The van der Waals surface area contributed by atoms with Crippen LogP contribution in [0.2, 0.25) is 0 Å². The summed E-state index contributed by atoms with van der Waals surface area (Å²) in [6.45, 7) is 4.21. The van der Waals surface area contributed by atoms with Crippen molar-refractivity contribution in [1.82, 2.24) is 4.90 Å². The summed E-state index contributed by atoms with van der Waals surface area (Å²) in [6, 6.07) is 5.55. The van der Waals surface area contributed by atoms with Gasteiger partial charge in [0.2, 0.25) is 0 Å². The van der Waals surface area contributed by atoms with Gasteiger partial charge in [0, 0.05) is 24.6 Å². The van der Waals surface area contributed by atoms with E-state index in [-0.39, 0.29) is 5.92 Å². The summed E-state index contributed by atoms with van der Waals surface area (Å²) in [5.74, 6) is 0.212. The van der Waals surface area contributed by atoms with Gasteiger partial charge in [-0.2, -0.15) is 0 Å². The van der Waals surface area contributed by atoms with Gasteiger partial charge in [-0.1, -0.05) is 6.92 Å². The van der Waals surface area contributed by atoms with Crippen molar-refractivity contribution < 1.29 is 19.4 Å². The van der Waals surface area contributed by atoms with E-state index in [1.54, 1.807) is 14.2 Å². The van der Waals surface area contributed by atoms with Crippen LogP contribution in [0.25, 0.3) is 0 Å². The van der Waals surface area contributed by atoms with Crippen LogP contribution in [0, 0.1) is 5.92 Å². The van der Waals surface area contributed by atoms with Crippen LogP contribution in [-0.4, -0.2) is 49.8 Å². The standard InChI is InChI=1S/C15H21NO4/c1-4-16-8-12(13(9-16)15(17)18)11-7-10(19-2)5-6-14(11)20-3/h5-7,12-13H,4,8-9H2,1-3H3,(H,17,18). The van der Waals surface area contributed by atoms with E-state index >= 15 is 0 Å². The Labute approximate surface area is 119 Å². The first-order valence-corrected chi connectivity index (χ1v) is 6.77. The highest BCUT2D eigenvalue weighted by Crippen LogP contribution is 2.39. The molecule has 110 valence electrons. The zero-order chi connectivity index (χ0) is 14.7. The highest BCUT2D eigenvalue weighted by molar-refractivity contribution is 5.72. The van der Waals surface area contributed by atoms with Gasteiger partial charge in [0.25, 0.3) is 0 Å². The Hall–Kier alpha value is -1.75. The maximum absolute atomic E-state index is 11.5. The molecule has 5 heteroatoms. The molecule has 1 heterocycles. The molecule has 2 rings (SSSR count). The molecule has 1 N–H and O–H groups in total. The topological polar surface area (TPSA) is 59.0 Å². The first-order chi connectivity index (χ1) is 9.60. The van der Waals surface area contributed by atoms with E-state index < -0.39 is 11.9 Å². The van der Waals surface area contributed by atoms with Gasteiger partial charge in [-0.15, -0.1) is 0 Å². The van der Waals surface area contributed by atoms with Gasteiger partial charge in [-0.3, -0.25) is 4.79 Å². The van der Waals surface area contributed by atoms with Crippen molar-refractivity contribution in [3.05, 3.63) is 23.8 Å². The minimum atomic E-state index is -0.754. The van der Waals surface area contributed by atoms with E-state index in [2.05, 4.69) is 4.90 Å². The fourth-order valence-corrected chi connectivity index (χ4v) is 2.84. The Morgan fingerprint density at radius 3 is 2.65 bits per heavy atom. The van der Waals surface area contributed by atoms with Crippen molar-refractivity contribution >= 4 is 5.97 Å². The van der Waals surface area contributed by atoms with Crippen LogP contribution in [0.3, 0.4) is 0 Å². The number of hydrogen-bond acceptors (Lipinski definition) is 4. The van der Waals surface area contributed by atoms with Gasteiger partial charge in [0.05, 0.1) is 20.1 Å². The van der Waals surface area contributed by atoms with Gasteiger partial charge in [0.1, 0.15) is 11.5 Å². The molecule has 0 saturated carbocycles. The molecule has 2 unspecified atom stereocenters. The normalized spacial score (nSPS) is 22.8. The van der Waals surface area contributed by atoms with Crippen LogP contribution in [-0.2, 0) is 4.79 Å². The molecule has 20 heavy (non-hydrogen) atoms. The van der Waals surface area contributed by atoms with Crippen LogP contribution in [0.4, 0.5) is 0 Å². The molecule has 0 amide bonds. The number of benzene rings is 1. The minimum Gasteiger partial charge on any atom is -0.497 e. The maximum atomic E-state index is 11.5. The number of rotatable bonds is 5. The maximum Gasteiger partial charge on any atom is 0.308 e. The summed E-state index contributed by atoms with van der Waals surface area (Å²) in [6.07, 6.45) is 0. The molecule has 1 aliphatic rings. The molecule has 1 fully saturated rings. The number of carboxylic acid groups (broad SMARTS) is 1. The second-order valence-corrected chi connectivity index (χ2v) is 5.01. The predicted octanol–water partition coefficient (Wildman–Crippen LogP) is 1.82. The Morgan fingerprint density at radius 2 is 2.10 bits per heavy atom. The summed E-state index contributed by atoms with van der Waals surface area (Å²) in [5.41, 5.74) is 0.912. The lowest BCUT2D eigenvalue weighted by molar-refractivity contribution is -0.141. The van der Waals surface area contributed by atoms with E-state index in [0.29, 0.717) is 6.54 Å². The lowest BCUT2D eigenvalue weighted by atomic mass is 9.88. The van der Waals surface area contributed by atoms with Gasteiger partial charge >= 0.3 is 5.97 Å². The summed E-state index contributed by atoms with van der Waals surface area (Å²) in [4.78, 5) is 13.7. The Morgan fingerprint density at radius 1 is 1.35 bits per heavy atom. The average Bonchev–Trinajstić information content (AvgIpc) is 2.90. The van der Waals surface area contributed by atoms with Gasteiger partial charge in [-0.25, -0.2) is 0 Å². The lowest BCUT2D eigenvalue weighted by Crippen LogP contribution is -2.23. The third kappa shape index (κ3) is 2.72. The highest BCUT2D eigenvalue weighted by Gasteiger charge is 2.39. The second-order valence-electron chi connectivity index (χ2n) is 5.01. The zero-order valence-electron chi connectivity index (χ0n) is 12.1. The first kappa shape index (κ1) is 14.7. The van der Waals surface area contributed by atoms with Gasteiger partial charge < -0.3 is 19.5 Å². The Kier molecular flexibility index (Phi) is 4.49. The number of nitrogens with zero attached hydrogens (tertiary/aromatic N) is 1. The number of likely N-dealkylation sites (N-methyl/N-ethyl adjacent to an activating group) is 1. The fraction of sp³-hybridized carbons (Fsp3) is 0.533. The molecular formula is C15H21NO4. The molecule has 5 nitrogen and oxygen atoms in total. The fourth-order valence-electron chi connectivity index (χ4n) is 2.84. The van der Waals surface area contributed by atoms with E-state index in [1.807, 2.05) is 25.1 Å². The molecule has 1 aromatic carbocycles. The molecule has 0 radical (unpaired) electrons. The number of ether oxygens (including phenoxy) is 2. The molecule has 0 aromatic heterocycles. The molecule has 1 aromatic rings. The Bertz CT molecular complexity index is 489. The molecule has 2 atom stereocenters. The first-order valence-electron chi connectivity index (χ1n) is 6.77. The van der Waals surface area contributed by atoms with Crippen LogP contribution in [0.1, 0.15) is 18.4 Å². The molecule has 0 aliphatic carbocycles. The largest absolute Gasteiger partial charge is 0.497 e. The number of carboxylic acids is 1. The number of hydrogen-bond donors (Lipinski definition) is 1. The van der Waals surface area contributed by atoms with E-state index in [9.17, 15) is 9.90 Å². The summed E-state index contributed by atoms with van der Waals surface area (Å²) in [7, 11) is 3.21. The predicted molar refractivity (Wildman–Crippen MR) is 75.5 cm³/mol. The highest BCUT2D eigenvalue weighted by atomic mass is 16.5. The van der Waals surface area contributed by atoms with Crippen LogP contribution in [0.5, 0.6) is 11.5 Å². The smallest absolute Gasteiger partial charge is 0.308 e. The van der Waals surface area contributed by atoms with Crippen molar-refractivity contribution in [2.75, 3.05) is 33.9 Å². The van der Waals surface area contributed by atoms with E-state index in [1.165, 1.54) is 0 Å². The minimum absolute atomic E-state index is 0.0718. The molecule has 0 bridgehead atoms. The lowest BCUT2D eigenvalue weighted by Gasteiger charge is -2.19. The summed E-state index contributed by atoms with van der Waals surface area (Å²) in [5, 5.41) is 9.45. The summed E-state index contributed by atoms with van der Waals surface area (Å²) < 4.78 is 10.6. The van der Waals surface area contributed by atoms with E-state index in [4.69, 9.17) is 9.47 Å². The molecular weight excluding hydrogens is 258 g/mol. The molecule has 1 saturated heterocycles. The van der Waals surface area contributed by atoms with Crippen LogP contribution >= 0.6 is 0 Å². The molecule has 0 spiro atoms. The average molecular weight is 279 g/mol. The van der Waals surface area contributed by atoms with Crippen molar-refractivity contribution in [3.63, 3.8) is 0 Å². The number of likely N-dealkylation sites (tertiary alicyclic amines) is 1. The number of carbonyl (C=O) groups is 1. The van der Waals surface area contributed by atoms with Crippen molar-refractivity contribution in [1.29, 1.82) is 0 Å². The van der Waals surface area contributed by atoms with Crippen molar-refractivity contribution in [2.45, 2.75) is 12.8 Å². The monoisotopic (exact) mass is 279 g/mol. The van der Waals surface area contributed by atoms with Crippen LogP contribution in [0.15, 0.2) is 18.2 Å². The zero-order valence-corrected chi connectivity index (χ0v) is 12.1. The van der Waals surface area contributed by atoms with Crippen LogP contribution < -0.4 is 9.47 Å². The van der Waals surface area contributed by atoms with Crippen molar-refractivity contribution in [3.8, 4) is 11.5 Å². The van der Waals surface area contributed by atoms with Gasteiger partial charge in [-0.05, 0) is 24.7 Å². The van der Waals surface area contributed by atoms with E-state index in [0.717, 1.165) is 30.2 Å². The SMILES string of the molecule is CCN1CC(C(=O)O)C(c2cc(OC)ccc2OC)C1. The second kappa shape index (κ2) is 6.13. The van der Waals surface area contributed by atoms with Gasteiger partial charge in [0.15, 0.2) is 0 Å². The summed E-state index contributed by atoms with van der Waals surface area (Å²) >= 11 is 0. The number of aliphatic carboxylic acids is 1.